The van der Waals surface area contributed by atoms with Gasteiger partial charge >= 0.3 is 0 Å². The number of anilines is 1. The molecule has 0 bridgehead atoms. The van der Waals surface area contributed by atoms with E-state index in [-0.39, 0.29) is 11.2 Å². The van der Waals surface area contributed by atoms with E-state index in [1.807, 2.05) is 72.8 Å². The summed E-state index contributed by atoms with van der Waals surface area (Å²) in [5, 5.41) is 0.934. The summed E-state index contributed by atoms with van der Waals surface area (Å²) in [7, 11) is 3.21. The maximum atomic E-state index is 13.3. The Balaban J connectivity index is 1.94. The number of nitrogens with two attached hydrogens (primary N) is 1. The number of rotatable bonds is 5. The molecule has 1 aromatic heterocycles. The highest BCUT2D eigenvalue weighted by atomic mass is 16.5. The van der Waals surface area contributed by atoms with E-state index < -0.39 is 0 Å². The van der Waals surface area contributed by atoms with E-state index in [1.54, 1.807) is 18.8 Å². The van der Waals surface area contributed by atoms with E-state index >= 15 is 0 Å². The van der Waals surface area contributed by atoms with E-state index in [0.717, 1.165) is 27.6 Å². The fourth-order valence-electron chi connectivity index (χ4n) is 3.65. The molecule has 4 aromatic rings. The molecule has 2 N–H and O–H groups in total. The average molecular weight is 386 g/mol. The zero-order chi connectivity index (χ0) is 20.4. The number of hydrogen-bond donors (Lipinski definition) is 1. The largest absolute Gasteiger partial charge is 0.497 e. The van der Waals surface area contributed by atoms with Crippen LogP contribution in [-0.2, 0) is 6.54 Å². The Hall–Kier alpha value is -3.73. The Morgan fingerprint density at radius 3 is 2.34 bits per heavy atom. The molecule has 0 saturated carbocycles. The molecule has 146 valence electrons. The maximum absolute atomic E-state index is 13.3. The van der Waals surface area contributed by atoms with Crippen LogP contribution in [0.5, 0.6) is 11.5 Å². The van der Waals surface area contributed by atoms with Crippen molar-refractivity contribution in [3.05, 3.63) is 88.7 Å². The van der Waals surface area contributed by atoms with Gasteiger partial charge in [-0.15, -0.1) is 0 Å². The molecule has 0 atom stereocenters. The Bertz CT molecular complexity index is 1230. The molecule has 0 amide bonds. The highest BCUT2D eigenvalue weighted by Gasteiger charge is 2.17. The summed E-state index contributed by atoms with van der Waals surface area (Å²) in [6, 6.07) is 23.1. The highest BCUT2D eigenvalue weighted by molar-refractivity contribution is 6.00. The molecule has 1 heterocycles. The molecule has 0 aliphatic carbocycles. The summed E-state index contributed by atoms with van der Waals surface area (Å²) in [5.41, 5.74) is 9.77. The molecule has 0 radical (unpaired) electrons. The van der Waals surface area contributed by atoms with Gasteiger partial charge in [0.2, 0.25) is 0 Å². The quantitative estimate of drug-likeness (QED) is 0.555. The van der Waals surface area contributed by atoms with Gasteiger partial charge < -0.3 is 19.8 Å². The summed E-state index contributed by atoms with van der Waals surface area (Å²) in [5.74, 6) is 1.35. The van der Waals surface area contributed by atoms with Crippen molar-refractivity contribution in [2.24, 2.45) is 0 Å². The molecule has 0 aliphatic heterocycles. The molecule has 29 heavy (non-hydrogen) atoms. The molecule has 4 rings (SSSR count). The van der Waals surface area contributed by atoms with Gasteiger partial charge in [-0.25, -0.2) is 0 Å². The van der Waals surface area contributed by atoms with Crippen LogP contribution in [0.3, 0.4) is 0 Å². The van der Waals surface area contributed by atoms with E-state index in [9.17, 15) is 4.79 Å². The van der Waals surface area contributed by atoms with E-state index in [1.165, 1.54) is 0 Å². The third-order valence-electron chi connectivity index (χ3n) is 5.09. The number of nitrogen functional groups attached to an aromatic ring is 1. The predicted molar refractivity (Wildman–Crippen MR) is 117 cm³/mol. The summed E-state index contributed by atoms with van der Waals surface area (Å²) in [6.07, 6.45) is 0. The summed E-state index contributed by atoms with van der Waals surface area (Å²) in [6.45, 7) is 0.339. The molecule has 5 nitrogen and oxygen atoms in total. The van der Waals surface area contributed by atoms with Gasteiger partial charge in [0.25, 0.3) is 5.56 Å². The van der Waals surface area contributed by atoms with Gasteiger partial charge in [0.1, 0.15) is 17.2 Å². The fraction of sp³-hybridized carbons (Fsp3) is 0.125. The van der Waals surface area contributed by atoms with Crippen molar-refractivity contribution in [2.75, 3.05) is 20.0 Å². The lowest BCUT2D eigenvalue weighted by molar-refractivity contribution is 0.390. The number of para-hydroxylation sites is 1. The van der Waals surface area contributed by atoms with Crippen molar-refractivity contribution in [2.45, 2.75) is 6.54 Å². The lowest BCUT2D eigenvalue weighted by Gasteiger charge is -2.18. The number of ether oxygens (including phenoxy) is 2. The summed E-state index contributed by atoms with van der Waals surface area (Å²) < 4.78 is 12.5. The first kappa shape index (κ1) is 18.6. The second-order valence-corrected chi connectivity index (χ2v) is 6.74. The van der Waals surface area contributed by atoms with Crippen LogP contribution in [0.15, 0.2) is 77.6 Å². The highest BCUT2D eigenvalue weighted by Crippen LogP contribution is 2.33. The first-order valence-corrected chi connectivity index (χ1v) is 9.31. The standard InChI is InChI=1S/C24H22N2O3/c1-28-18-13-12-17(21(14-18)29-2)15-26-20-11-7-6-10-19(20)22(23(25)24(26)27)16-8-4-3-5-9-16/h3-14H,15,25H2,1-2H3. The van der Waals surface area contributed by atoms with Crippen molar-refractivity contribution >= 4 is 16.6 Å². The average Bonchev–Trinajstić information content (AvgIpc) is 2.77. The minimum absolute atomic E-state index is 0.222. The lowest BCUT2D eigenvalue weighted by atomic mass is 9.99. The third kappa shape index (κ3) is 3.31. The zero-order valence-corrected chi connectivity index (χ0v) is 16.4. The monoisotopic (exact) mass is 386 g/mol. The van der Waals surface area contributed by atoms with Crippen molar-refractivity contribution in [1.82, 2.24) is 4.57 Å². The van der Waals surface area contributed by atoms with Crippen LogP contribution in [0.25, 0.3) is 22.0 Å². The molecular formula is C24H22N2O3. The van der Waals surface area contributed by atoms with Crippen LogP contribution in [0.1, 0.15) is 5.56 Å². The minimum Gasteiger partial charge on any atom is -0.497 e. The second-order valence-electron chi connectivity index (χ2n) is 6.74. The Kier molecular flexibility index (Phi) is 4.96. The SMILES string of the molecule is COc1ccc(Cn2c(=O)c(N)c(-c3ccccc3)c3ccccc32)c(OC)c1. The number of benzene rings is 3. The van der Waals surface area contributed by atoms with Crippen LogP contribution in [0.2, 0.25) is 0 Å². The number of nitrogens with zero attached hydrogens (tertiary/aromatic N) is 1. The Morgan fingerprint density at radius 2 is 1.62 bits per heavy atom. The van der Waals surface area contributed by atoms with Gasteiger partial charge in [-0.05, 0) is 23.8 Å². The number of hydrogen-bond acceptors (Lipinski definition) is 4. The van der Waals surface area contributed by atoms with Crippen LogP contribution in [-0.4, -0.2) is 18.8 Å². The van der Waals surface area contributed by atoms with Gasteiger partial charge in [-0.2, -0.15) is 0 Å². The van der Waals surface area contributed by atoms with Gasteiger partial charge in [0, 0.05) is 22.6 Å². The van der Waals surface area contributed by atoms with Crippen LogP contribution in [0, 0.1) is 0 Å². The van der Waals surface area contributed by atoms with E-state index in [2.05, 4.69) is 0 Å². The molecule has 0 spiro atoms. The second kappa shape index (κ2) is 7.72. The van der Waals surface area contributed by atoms with Crippen molar-refractivity contribution < 1.29 is 9.47 Å². The predicted octanol–water partition coefficient (Wildman–Crippen LogP) is 4.32. The topological polar surface area (TPSA) is 66.5 Å². The van der Waals surface area contributed by atoms with Crippen LogP contribution >= 0.6 is 0 Å². The molecule has 5 heteroatoms. The molecular weight excluding hydrogens is 364 g/mol. The third-order valence-corrected chi connectivity index (χ3v) is 5.09. The minimum atomic E-state index is -0.222. The van der Waals surface area contributed by atoms with Gasteiger partial charge in [0.05, 0.1) is 26.3 Å². The smallest absolute Gasteiger partial charge is 0.275 e. The zero-order valence-electron chi connectivity index (χ0n) is 16.4. The van der Waals surface area contributed by atoms with Gasteiger partial charge in [0.15, 0.2) is 0 Å². The van der Waals surface area contributed by atoms with Gasteiger partial charge in [-0.1, -0.05) is 48.5 Å². The first-order valence-electron chi connectivity index (χ1n) is 9.31. The maximum Gasteiger partial charge on any atom is 0.275 e. The molecule has 0 aliphatic rings. The van der Waals surface area contributed by atoms with E-state index in [4.69, 9.17) is 15.2 Å². The summed E-state index contributed by atoms with van der Waals surface area (Å²) in [4.78, 5) is 13.3. The summed E-state index contributed by atoms with van der Waals surface area (Å²) >= 11 is 0. The molecule has 0 fully saturated rings. The van der Waals surface area contributed by atoms with Crippen LogP contribution < -0.4 is 20.8 Å². The van der Waals surface area contributed by atoms with E-state index in [0.29, 0.717) is 18.0 Å². The fourth-order valence-corrected chi connectivity index (χ4v) is 3.65. The number of methoxy groups -OCH3 is 2. The lowest BCUT2D eigenvalue weighted by Crippen LogP contribution is -2.25. The number of aromatic nitrogens is 1. The van der Waals surface area contributed by atoms with Crippen molar-refractivity contribution in [1.29, 1.82) is 0 Å². The van der Waals surface area contributed by atoms with Crippen LogP contribution in [0.4, 0.5) is 5.69 Å². The molecule has 0 saturated heterocycles. The normalized spacial score (nSPS) is 10.8. The Morgan fingerprint density at radius 1 is 0.897 bits per heavy atom. The van der Waals surface area contributed by atoms with Crippen molar-refractivity contribution in [3.63, 3.8) is 0 Å². The molecule has 0 unspecified atom stereocenters. The van der Waals surface area contributed by atoms with Gasteiger partial charge in [-0.3, -0.25) is 4.79 Å². The Labute approximate surface area is 168 Å². The molecule has 3 aromatic carbocycles. The number of fused-ring (bicyclic) bond motifs is 1. The first-order chi connectivity index (χ1) is 14.1. The van der Waals surface area contributed by atoms with Crippen molar-refractivity contribution in [3.8, 4) is 22.6 Å². The number of pyridine rings is 1.